The van der Waals surface area contributed by atoms with E-state index in [0.717, 1.165) is 12.4 Å². The topological polar surface area (TPSA) is 71.8 Å². The molecule has 0 atom stereocenters. The maximum Gasteiger partial charge on any atom is 0.434 e. The summed E-state index contributed by atoms with van der Waals surface area (Å²) >= 11 is 11.6. The van der Waals surface area contributed by atoms with E-state index in [0.29, 0.717) is 11.2 Å². The highest BCUT2D eigenvalue weighted by atomic mass is 35.5. The molecule has 2 heterocycles. The summed E-state index contributed by atoms with van der Waals surface area (Å²) in [7, 11) is 1.65. The maximum absolute atomic E-state index is 13.4. The smallest absolute Gasteiger partial charge is 0.351 e. The van der Waals surface area contributed by atoms with Crippen molar-refractivity contribution in [3.8, 4) is 5.82 Å². The summed E-state index contributed by atoms with van der Waals surface area (Å²) in [6.45, 7) is 0.573. The van der Waals surface area contributed by atoms with E-state index >= 15 is 0 Å². The van der Waals surface area contributed by atoms with Crippen LogP contribution in [0.15, 0.2) is 18.5 Å². The van der Waals surface area contributed by atoms with Crippen LogP contribution in [0.5, 0.6) is 0 Å². The lowest BCUT2D eigenvalue weighted by molar-refractivity contribution is -0.143. The minimum Gasteiger partial charge on any atom is -0.351 e. The van der Waals surface area contributed by atoms with Gasteiger partial charge in [0.15, 0.2) is 11.5 Å². The van der Waals surface area contributed by atoms with Crippen LogP contribution in [0.25, 0.3) is 5.82 Å². The van der Waals surface area contributed by atoms with Crippen molar-refractivity contribution in [1.29, 1.82) is 0 Å². The second-order valence-electron chi connectivity index (χ2n) is 4.63. The Labute approximate surface area is 157 Å². The van der Waals surface area contributed by atoms with Crippen LogP contribution >= 0.6 is 35.6 Å². The van der Waals surface area contributed by atoms with Crippen molar-refractivity contribution < 1.29 is 18.0 Å². The minimum absolute atomic E-state index is 0. The monoisotopic (exact) mass is 417 g/mol. The average molecular weight is 419 g/mol. The van der Waals surface area contributed by atoms with Gasteiger partial charge in [-0.2, -0.15) is 18.3 Å². The van der Waals surface area contributed by atoms with Gasteiger partial charge in [0.2, 0.25) is 0 Å². The quantitative estimate of drug-likeness (QED) is 0.733. The third-order valence-corrected chi connectivity index (χ3v) is 3.42. The molecule has 2 aromatic rings. The van der Waals surface area contributed by atoms with Crippen molar-refractivity contribution >= 4 is 41.5 Å². The molecule has 2 N–H and O–H groups in total. The number of nitrogens with zero attached hydrogens (tertiary/aromatic N) is 3. The van der Waals surface area contributed by atoms with Crippen LogP contribution in [0, 0.1) is 0 Å². The van der Waals surface area contributed by atoms with Crippen LogP contribution in [-0.2, 0) is 6.18 Å². The molecule has 12 heteroatoms. The number of amides is 1. The number of carbonyl (C=O) groups excluding carboxylic acids is 1. The normalized spacial score (nSPS) is 11.1. The number of alkyl halides is 3. The van der Waals surface area contributed by atoms with E-state index in [4.69, 9.17) is 23.2 Å². The van der Waals surface area contributed by atoms with Crippen LogP contribution in [0.1, 0.15) is 16.1 Å². The summed E-state index contributed by atoms with van der Waals surface area (Å²) in [6, 6.07) is 1.24. The lowest BCUT2D eigenvalue weighted by Gasteiger charge is -2.13. The Hall–Kier alpha value is -1.55. The molecule has 0 saturated heterocycles. The van der Waals surface area contributed by atoms with E-state index in [-0.39, 0.29) is 34.8 Å². The molecular weight excluding hydrogens is 406 g/mol. The minimum atomic E-state index is -4.84. The van der Waals surface area contributed by atoms with Crippen molar-refractivity contribution in [2.75, 3.05) is 20.1 Å². The molecule has 0 fully saturated rings. The highest BCUT2D eigenvalue weighted by Gasteiger charge is 2.41. The number of carbonyl (C=O) groups is 1. The van der Waals surface area contributed by atoms with E-state index in [9.17, 15) is 18.0 Å². The molecule has 2 aromatic heterocycles. The molecule has 0 aliphatic rings. The average Bonchev–Trinajstić information content (AvgIpc) is 2.92. The fourth-order valence-corrected chi connectivity index (χ4v) is 2.37. The Kier molecular flexibility index (Phi) is 7.48. The summed E-state index contributed by atoms with van der Waals surface area (Å²) in [5.74, 6) is -1.17. The molecule has 0 bridgehead atoms. The van der Waals surface area contributed by atoms with E-state index < -0.39 is 23.3 Å². The first-order valence-corrected chi connectivity index (χ1v) is 7.40. The van der Waals surface area contributed by atoms with E-state index in [1.807, 2.05) is 0 Å². The number of hydrogen-bond donors (Lipinski definition) is 2. The zero-order chi connectivity index (χ0) is 17.9. The van der Waals surface area contributed by atoms with Gasteiger partial charge in [-0.25, -0.2) is 9.67 Å². The molecule has 1 amide bonds. The first kappa shape index (κ1) is 21.5. The van der Waals surface area contributed by atoms with Crippen LogP contribution in [0.4, 0.5) is 13.2 Å². The predicted octanol–water partition coefficient (Wildman–Crippen LogP) is 2.96. The second-order valence-corrected chi connectivity index (χ2v) is 5.48. The molecule has 0 spiro atoms. The van der Waals surface area contributed by atoms with Gasteiger partial charge in [-0.05, 0) is 13.1 Å². The third kappa shape index (κ3) is 4.97. The Balaban J connectivity index is 0.00000312. The maximum atomic E-state index is 13.4. The van der Waals surface area contributed by atoms with Crippen LogP contribution in [-0.4, -0.2) is 40.8 Å². The van der Waals surface area contributed by atoms with Crippen LogP contribution in [0.3, 0.4) is 0 Å². The Morgan fingerprint density at radius 2 is 1.96 bits per heavy atom. The first-order valence-electron chi connectivity index (χ1n) is 6.65. The Morgan fingerprint density at radius 3 is 2.52 bits per heavy atom. The predicted molar refractivity (Wildman–Crippen MR) is 89.9 cm³/mol. The van der Waals surface area contributed by atoms with Gasteiger partial charge in [0.05, 0.1) is 21.8 Å². The molecule has 6 nitrogen and oxygen atoms in total. The van der Waals surface area contributed by atoms with Crippen LogP contribution < -0.4 is 10.6 Å². The number of nitrogens with one attached hydrogen (secondary N) is 2. The summed E-state index contributed by atoms with van der Waals surface area (Å²) < 4.78 is 40.8. The molecular formula is C13H13Cl3F3N5O. The van der Waals surface area contributed by atoms with Gasteiger partial charge in [-0.15, -0.1) is 12.4 Å². The molecule has 138 valence electrons. The summed E-state index contributed by atoms with van der Waals surface area (Å²) in [4.78, 5) is 15.8. The van der Waals surface area contributed by atoms with Crippen molar-refractivity contribution in [1.82, 2.24) is 25.4 Å². The van der Waals surface area contributed by atoms with Gasteiger partial charge in [0, 0.05) is 19.3 Å². The van der Waals surface area contributed by atoms with Crippen molar-refractivity contribution in [2.45, 2.75) is 6.18 Å². The van der Waals surface area contributed by atoms with Gasteiger partial charge in [-0.3, -0.25) is 4.79 Å². The second kappa shape index (κ2) is 8.70. The molecule has 0 saturated carbocycles. The summed E-state index contributed by atoms with van der Waals surface area (Å²) in [5, 5.41) is 8.79. The summed E-state index contributed by atoms with van der Waals surface area (Å²) in [6.07, 6.45) is -2.88. The zero-order valence-corrected chi connectivity index (χ0v) is 15.0. The number of likely N-dealkylation sites (N-methyl/N-ethyl adjacent to an activating group) is 1. The van der Waals surface area contributed by atoms with E-state index in [1.54, 1.807) is 7.05 Å². The molecule has 0 radical (unpaired) electrons. The van der Waals surface area contributed by atoms with Gasteiger partial charge >= 0.3 is 6.18 Å². The molecule has 0 aliphatic carbocycles. The van der Waals surface area contributed by atoms with E-state index in [2.05, 4.69) is 20.7 Å². The van der Waals surface area contributed by atoms with Gasteiger partial charge in [-0.1, -0.05) is 23.2 Å². The molecule has 0 aromatic carbocycles. The van der Waals surface area contributed by atoms with Gasteiger partial charge in [0.1, 0.15) is 0 Å². The number of aromatic nitrogens is 3. The van der Waals surface area contributed by atoms with Gasteiger partial charge in [0.25, 0.3) is 5.91 Å². The number of hydrogen-bond acceptors (Lipinski definition) is 4. The third-order valence-electron chi connectivity index (χ3n) is 2.93. The van der Waals surface area contributed by atoms with E-state index in [1.165, 1.54) is 6.07 Å². The highest BCUT2D eigenvalue weighted by Crippen LogP contribution is 2.34. The molecule has 0 aliphatic heterocycles. The SMILES string of the molecule is CNCCNC(=O)c1cnn(-c2ncc(Cl)cc2Cl)c1C(F)(F)F.Cl. The molecule has 0 unspecified atom stereocenters. The zero-order valence-electron chi connectivity index (χ0n) is 12.7. The van der Waals surface area contributed by atoms with Crippen LogP contribution in [0.2, 0.25) is 10.0 Å². The van der Waals surface area contributed by atoms with Crippen molar-refractivity contribution in [3.05, 3.63) is 39.8 Å². The van der Waals surface area contributed by atoms with Gasteiger partial charge < -0.3 is 10.6 Å². The fraction of sp³-hybridized carbons (Fsp3) is 0.308. The molecule has 25 heavy (non-hydrogen) atoms. The number of pyridine rings is 1. The number of rotatable bonds is 5. The lowest BCUT2D eigenvalue weighted by Crippen LogP contribution is -2.31. The van der Waals surface area contributed by atoms with Crippen molar-refractivity contribution in [3.63, 3.8) is 0 Å². The summed E-state index contributed by atoms with van der Waals surface area (Å²) in [5.41, 5.74) is -1.88. The lowest BCUT2D eigenvalue weighted by atomic mass is 10.2. The largest absolute Gasteiger partial charge is 0.434 e. The Morgan fingerprint density at radius 1 is 1.28 bits per heavy atom. The standard InChI is InChI=1S/C13H12Cl2F3N5O.ClH/c1-19-2-3-20-12(24)8-6-22-23(10(8)13(16,17)18)11-9(15)4-7(14)5-21-11;/h4-6,19H,2-3H2,1H3,(H,20,24);1H. The first-order chi connectivity index (χ1) is 11.3. The Bertz CT molecular complexity index is 751. The highest BCUT2D eigenvalue weighted by molar-refractivity contribution is 6.35. The fourth-order valence-electron chi connectivity index (χ4n) is 1.91. The van der Waals surface area contributed by atoms with Crippen molar-refractivity contribution in [2.24, 2.45) is 0 Å². The molecule has 2 rings (SSSR count). The number of halogens is 6.